The molecule has 0 saturated heterocycles. The van der Waals surface area contributed by atoms with Gasteiger partial charge in [0.15, 0.2) is 0 Å². The third-order valence-corrected chi connectivity index (χ3v) is 7.45. The maximum Gasteiger partial charge on any atom is 0.121 e. The first-order valence-corrected chi connectivity index (χ1v) is 13.6. The van der Waals surface area contributed by atoms with Crippen molar-refractivity contribution in [2.24, 2.45) is 4.99 Å². The van der Waals surface area contributed by atoms with Crippen molar-refractivity contribution in [1.29, 1.82) is 0 Å². The number of H-pyrrole nitrogens is 1. The number of nitrogens with zero attached hydrogens (tertiary/aromatic N) is 4. The van der Waals surface area contributed by atoms with E-state index in [9.17, 15) is 0 Å². The minimum Gasteiger partial charge on any atom is -0.341 e. The van der Waals surface area contributed by atoms with E-state index in [-0.39, 0.29) is 0 Å². The second kappa shape index (κ2) is 11.7. The van der Waals surface area contributed by atoms with Gasteiger partial charge in [-0.15, -0.1) is 0 Å². The van der Waals surface area contributed by atoms with E-state index in [2.05, 4.69) is 91.9 Å². The number of nitrogens with one attached hydrogen (secondary N) is 2. The van der Waals surface area contributed by atoms with Crippen LogP contribution in [-0.4, -0.2) is 44.7 Å². The number of para-hydroxylation sites is 2. The van der Waals surface area contributed by atoms with Crippen LogP contribution in [0.2, 0.25) is 0 Å². The van der Waals surface area contributed by atoms with Gasteiger partial charge in [-0.1, -0.05) is 54.6 Å². The van der Waals surface area contributed by atoms with Crippen LogP contribution in [0.1, 0.15) is 35.5 Å². The Labute approximate surface area is 224 Å². The molecule has 1 aliphatic carbocycles. The molecule has 6 heteroatoms. The molecule has 0 bridgehead atoms. The second-order valence-corrected chi connectivity index (χ2v) is 10.2. The van der Waals surface area contributed by atoms with E-state index in [0.717, 1.165) is 68.0 Å². The van der Waals surface area contributed by atoms with Crippen molar-refractivity contribution in [3.63, 3.8) is 0 Å². The van der Waals surface area contributed by atoms with E-state index >= 15 is 0 Å². The van der Waals surface area contributed by atoms with Crippen LogP contribution in [0.4, 0.5) is 0 Å². The summed E-state index contributed by atoms with van der Waals surface area (Å²) < 4.78 is 0. The summed E-state index contributed by atoms with van der Waals surface area (Å²) in [6.07, 6.45) is 13.7. The van der Waals surface area contributed by atoms with Gasteiger partial charge in [-0.25, -0.2) is 4.98 Å². The van der Waals surface area contributed by atoms with E-state index in [1.807, 2.05) is 30.6 Å². The van der Waals surface area contributed by atoms with Crippen molar-refractivity contribution in [2.75, 3.05) is 6.54 Å². The number of aromatic nitrogens is 3. The van der Waals surface area contributed by atoms with Gasteiger partial charge in [-0.05, 0) is 66.3 Å². The largest absolute Gasteiger partial charge is 0.341 e. The third kappa shape index (κ3) is 5.98. The van der Waals surface area contributed by atoms with Gasteiger partial charge in [-0.2, -0.15) is 0 Å². The number of aromatic amines is 1. The topological polar surface area (TPSA) is 69.2 Å². The zero-order chi connectivity index (χ0) is 25.6. The first-order chi connectivity index (χ1) is 18.8. The van der Waals surface area contributed by atoms with Crippen molar-refractivity contribution >= 4 is 17.2 Å². The molecule has 2 N–H and O–H groups in total. The zero-order valence-electron chi connectivity index (χ0n) is 21.6. The van der Waals surface area contributed by atoms with E-state index in [1.54, 1.807) is 0 Å². The molecule has 38 heavy (non-hydrogen) atoms. The average Bonchev–Trinajstić information content (AvgIpc) is 3.38. The Morgan fingerprint density at radius 3 is 2.79 bits per heavy atom. The molecule has 0 spiro atoms. The Bertz CT molecular complexity index is 1420. The van der Waals surface area contributed by atoms with E-state index in [0.29, 0.717) is 12.1 Å². The Morgan fingerprint density at radius 1 is 0.947 bits per heavy atom. The van der Waals surface area contributed by atoms with Gasteiger partial charge < -0.3 is 10.3 Å². The number of hydrogen-bond acceptors (Lipinski definition) is 5. The van der Waals surface area contributed by atoms with Crippen LogP contribution in [0.25, 0.3) is 11.0 Å². The maximum absolute atomic E-state index is 4.89. The quantitative estimate of drug-likeness (QED) is 0.305. The van der Waals surface area contributed by atoms with Gasteiger partial charge in [-0.3, -0.25) is 14.9 Å². The average molecular weight is 503 g/mol. The Balaban J connectivity index is 1.15. The summed E-state index contributed by atoms with van der Waals surface area (Å²) in [5.74, 6) is 1.02. The highest BCUT2D eigenvalue weighted by Crippen LogP contribution is 2.28. The van der Waals surface area contributed by atoms with Crippen LogP contribution < -0.4 is 5.32 Å². The minimum absolute atomic E-state index is 0.319. The zero-order valence-corrected chi connectivity index (χ0v) is 21.6. The monoisotopic (exact) mass is 502 g/mol. The molecule has 2 aromatic heterocycles. The van der Waals surface area contributed by atoms with Gasteiger partial charge in [0, 0.05) is 38.1 Å². The third-order valence-electron chi connectivity index (χ3n) is 7.45. The highest BCUT2D eigenvalue weighted by atomic mass is 15.2. The number of aliphatic imine (C=N–C) groups is 1. The second-order valence-electron chi connectivity index (χ2n) is 10.2. The van der Waals surface area contributed by atoms with Crippen molar-refractivity contribution in [2.45, 2.75) is 51.0 Å². The molecule has 0 radical (unpaired) electrons. The molecule has 192 valence electrons. The normalized spacial score (nSPS) is 18.6. The summed E-state index contributed by atoms with van der Waals surface area (Å²) in [7, 11) is 0. The molecule has 6 nitrogen and oxygen atoms in total. The van der Waals surface area contributed by atoms with Gasteiger partial charge in [0.1, 0.15) is 5.82 Å². The number of imidazole rings is 1. The number of fused-ring (bicyclic) bond motifs is 2. The van der Waals surface area contributed by atoms with Gasteiger partial charge in [0.2, 0.25) is 0 Å². The van der Waals surface area contributed by atoms with Crippen LogP contribution in [-0.2, 0) is 26.1 Å². The number of pyridine rings is 1. The molecule has 0 fully saturated rings. The molecule has 2 atom stereocenters. The summed E-state index contributed by atoms with van der Waals surface area (Å²) in [5, 5.41) is 3.52. The van der Waals surface area contributed by atoms with Gasteiger partial charge in [0.25, 0.3) is 0 Å². The SMILES string of the molecule is C1=CC2=CC(N(CCc3cccc(CNCc4ccccn4)c3)Cc3nc4ccccc4[nH]3)CCC2N=C1. The predicted molar refractivity (Wildman–Crippen MR) is 154 cm³/mol. The van der Waals surface area contributed by atoms with Crippen molar-refractivity contribution in [3.8, 4) is 0 Å². The lowest BCUT2D eigenvalue weighted by molar-refractivity contribution is 0.199. The molecule has 0 saturated carbocycles. The number of rotatable bonds is 10. The molecule has 3 heterocycles. The fourth-order valence-corrected chi connectivity index (χ4v) is 5.48. The molecule has 1 aliphatic heterocycles. The first-order valence-electron chi connectivity index (χ1n) is 13.6. The van der Waals surface area contributed by atoms with E-state index < -0.39 is 0 Å². The van der Waals surface area contributed by atoms with Crippen LogP contribution in [0.15, 0.2) is 102 Å². The lowest BCUT2D eigenvalue weighted by Crippen LogP contribution is -2.38. The smallest absolute Gasteiger partial charge is 0.121 e. The number of benzene rings is 2. The van der Waals surface area contributed by atoms with Crippen molar-refractivity contribution in [1.82, 2.24) is 25.2 Å². The lowest BCUT2D eigenvalue weighted by Gasteiger charge is -2.34. The summed E-state index contributed by atoms with van der Waals surface area (Å²) in [5.41, 5.74) is 7.20. The molecular formula is C32H34N6. The van der Waals surface area contributed by atoms with Gasteiger partial charge >= 0.3 is 0 Å². The van der Waals surface area contributed by atoms with Crippen LogP contribution >= 0.6 is 0 Å². The van der Waals surface area contributed by atoms with Crippen LogP contribution in [0.3, 0.4) is 0 Å². The van der Waals surface area contributed by atoms with Crippen molar-refractivity contribution in [3.05, 3.63) is 119 Å². The molecular weight excluding hydrogens is 468 g/mol. The van der Waals surface area contributed by atoms with Crippen LogP contribution in [0.5, 0.6) is 0 Å². The number of allylic oxidation sites excluding steroid dienone is 1. The Morgan fingerprint density at radius 2 is 1.87 bits per heavy atom. The van der Waals surface area contributed by atoms with Gasteiger partial charge in [0.05, 0.1) is 29.3 Å². The summed E-state index contributed by atoms with van der Waals surface area (Å²) in [6, 6.07) is 24.0. The molecule has 2 unspecified atom stereocenters. The molecule has 6 rings (SSSR count). The van der Waals surface area contributed by atoms with E-state index in [1.165, 1.54) is 16.7 Å². The molecule has 2 aliphatic rings. The molecule has 2 aromatic carbocycles. The minimum atomic E-state index is 0.319. The van der Waals surface area contributed by atoms with E-state index in [4.69, 9.17) is 4.98 Å². The predicted octanol–water partition coefficient (Wildman–Crippen LogP) is 5.39. The van der Waals surface area contributed by atoms with Crippen molar-refractivity contribution < 1.29 is 0 Å². The first kappa shape index (κ1) is 24.5. The molecule has 4 aromatic rings. The molecule has 0 amide bonds. The highest BCUT2D eigenvalue weighted by Gasteiger charge is 2.26. The summed E-state index contributed by atoms with van der Waals surface area (Å²) in [4.78, 5) is 20.1. The van der Waals surface area contributed by atoms with Crippen LogP contribution in [0, 0.1) is 0 Å². The lowest BCUT2D eigenvalue weighted by atomic mass is 9.89. The number of dihydropyridines is 1. The fourth-order valence-electron chi connectivity index (χ4n) is 5.48. The summed E-state index contributed by atoms with van der Waals surface area (Å²) >= 11 is 0. The Kier molecular flexibility index (Phi) is 7.52. The number of hydrogen-bond donors (Lipinski definition) is 2. The standard InChI is InChI=1S/C32H34N6/c1-2-12-31-30(11-1)36-32(37-31)23-38(28-13-14-29-26(20-28)9-6-17-35-29)18-15-24-7-5-8-25(19-24)21-33-22-27-10-3-4-16-34-27/h1-12,16-17,19-20,28-29,33H,13-15,18,21-23H2,(H,36,37). The fraction of sp³-hybridized carbons (Fsp3) is 0.281. The summed E-state index contributed by atoms with van der Waals surface area (Å²) in [6.45, 7) is 3.36. The maximum atomic E-state index is 4.89. The highest BCUT2D eigenvalue weighted by molar-refractivity contribution is 5.75. The Hall–Kier alpha value is -3.87.